The highest BCUT2D eigenvalue weighted by molar-refractivity contribution is 8.00. The summed E-state index contributed by atoms with van der Waals surface area (Å²) in [5.74, 6) is 0.661. The highest BCUT2D eigenvalue weighted by Gasteiger charge is 2.20. The summed E-state index contributed by atoms with van der Waals surface area (Å²) in [6.45, 7) is 1.97. The first-order valence-corrected chi connectivity index (χ1v) is 13.7. The molecule has 4 rings (SSSR count). The minimum Gasteiger partial charge on any atom is -0.493 e. The standard InChI is InChI=1S/C26H25N3O4S3/c1-4-22(25(31)29-26-28-19(15-35-26)23-9-6-12-34-23)36-18-8-5-7-17(14-18)27-24(30)16-10-11-20(32-2)21(13-16)33-3/h5-15,22H,4H2,1-3H3,(H,27,30)(H,28,29,31). The van der Waals surface area contributed by atoms with Crippen LogP contribution in [0.25, 0.3) is 10.6 Å². The molecule has 186 valence electrons. The highest BCUT2D eigenvalue weighted by atomic mass is 32.2. The molecule has 0 spiro atoms. The summed E-state index contributed by atoms with van der Waals surface area (Å²) in [4.78, 5) is 32.2. The maximum Gasteiger partial charge on any atom is 0.255 e. The predicted molar refractivity (Wildman–Crippen MR) is 148 cm³/mol. The monoisotopic (exact) mass is 539 g/mol. The van der Waals surface area contributed by atoms with Gasteiger partial charge in [0, 0.05) is 21.5 Å². The molecule has 0 fully saturated rings. The van der Waals surface area contributed by atoms with Crippen LogP contribution >= 0.6 is 34.4 Å². The zero-order valence-electron chi connectivity index (χ0n) is 19.9. The molecule has 0 aliphatic rings. The van der Waals surface area contributed by atoms with Crippen molar-refractivity contribution in [3.8, 4) is 22.1 Å². The molecule has 0 saturated heterocycles. The molecule has 1 unspecified atom stereocenters. The molecular weight excluding hydrogens is 515 g/mol. The van der Waals surface area contributed by atoms with Gasteiger partial charge in [0.1, 0.15) is 0 Å². The summed E-state index contributed by atoms with van der Waals surface area (Å²) in [5.41, 5.74) is 1.95. The van der Waals surface area contributed by atoms with Crippen molar-refractivity contribution in [1.82, 2.24) is 4.98 Å². The number of thiophene rings is 1. The van der Waals surface area contributed by atoms with Crippen LogP contribution in [-0.4, -0.2) is 36.3 Å². The first kappa shape index (κ1) is 25.7. The van der Waals surface area contributed by atoms with Gasteiger partial charge in [-0.25, -0.2) is 4.98 Å². The molecule has 0 radical (unpaired) electrons. The van der Waals surface area contributed by atoms with E-state index in [-0.39, 0.29) is 17.1 Å². The van der Waals surface area contributed by atoms with E-state index in [0.717, 1.165) is 15.5 Å². The maximum absolute atomic E-state index is 12.9. The van der Waals surface area contributed by atoms with Crippen LogP contribution in [0.4, 0.5) is 10.8 Å². The molecule has 7 nitrogen and oxygen atoms in total. The van der Waals surface area contributed by atoms with Crippen molar-refractivity contribution in [3.63, 3.8) is 0 Å². The van der Waals surface area contributed by atoms with Crippen molar-refractivity contribution in [3.05, 3.63) is 70.9 Å². The Labute approximate surface area is 221 Å². The van der Waals surface area contributed by atoms with Crippen LogP contribution in [0.2, 0.25) is 0 Å². The number of amides is 2. The van der Waals surface area contributed by atoms with Gasteiger partial charge in [0.15, 0.2) is 16.6 Å². The van der Waals surface area contributed by atoms with E-state index in [0.29, 0.717) is 34.3 Å². The minimum atomic E-state index is -0.309. The van der Waals surface area contributed by atoms with Gasteiger partial charge in [0.2, 0.25) is 5.91 Å². The van der Waals surface area contributed by atoms with Gasteiger partial charge in [-0.3, -0.25) is 9.59 Å². The lowest BCUT2D eigenvalue weighted by molar-refractivity contribution is -0.115. The first-order chi connectivity index (χ1) is 17.5. The Bertz CT molecular complexity index is 1340. The Morgan fingerprint density at radius 3 is 2.56 bits per heavy atom. The van der Waals surface area contributed by atoms with E-state index in [1.165, 1.54) is 30.2 Å². The van der Waals surface area contributed by atoms with Gasteiger partial charge < -0.3 is 20.1 Å². The van der Waals surface area contributed by atoms with Crippen LogP contribution < -0.4 is 20.1 Å². The van der Waals surface area contributed by atoms with E-state index in [1.807, 2.05) is 54.1 Å². The predicted octanol–water partition coefficient (Wildman–Crippen LogP) is 6.65. The maximum atomic E-state index is 12.9. The lowest BCUT2D eigenvalue weighted by atomic mass is 10.2. The van der Waals surface area contributed by atoms with Crippen molar-refractivity contribution < 1.29 is 19.1 Å². The number of nitrogens with zero attached hydrogens (tertiary/aromatic N) is 1. The Balaban J connectivity index is 1.40. The Kier molecular flexibility index (Phi) is 8.63. The van der Waals surface area contributed by atoms with Crippen LogP contribution in [0.3, 0.4) is 0 Å². The zero-order chi connectivity index (χ0) is 25.5. The molecule has 10 heteroatoms. The zero-order valence-corrected chi connectivity index (χ0v) is 22.4. The molecule has 0 aliphatic heterocycles. The molecular formula is C26H25N3O4S3. The Hall–Kier alpha value is -3.34. The van der Waals surface area contributed by atoms with Crippen LogP contribution in [0.1, 0.15) is 23.7 Å². The van der Waals surface area contributed by atoms with E-state index in [4.69, 9.17) is 9.47 Å². The number of carbonyl (C=O) groups is 2. The summed E-state index contributed by atoms with van der Waals surface area (Å²) in [6.07, 6.45) is 0.641. The second kappa shape index (κ2) is 12.1. The van der Waals surface area contributed by atoms with Crippen LogP contribution in [-0.2, 0) is 4.79 Å². The van der Waals surface area contributed by atoms with Crippen molar-refractivity contribution >= 4 is 57.1 Å². The molecule has 2 amide bonds. The Morgan fingerprint density at radius 1 is 1.00 bits per heavy atom. The number of thioether (sulfide) groups is 1. The number of aromatic nitrogens is 1. The van der Waals surface area contributed by atoms with Gasteiger partial charge in [-0.1, -0.05) is 19.1 Å². The molecule has 0 aliphatic carbocycles. The van der Waals surface area contributed by atoms with Crippen molar-refractivity contribution in [2.75, 3.05) is 24.9 Å². The number of ether oxygens (including phenoxy) is 2. The van der Waals surface area contributed by atoms with Crippen molar-refractivity contribution in [2.45, 2.75) is 23.5 Å². The topological polar surface area (TPSA) is 89.5 Å². The molecule has 4 aromatic rings. The van der Waals surface area contributed by atoms with Gasteiger partial charge in [0.05, 0.1) is 30.0 Å². The summed E-state index contributed by atoms with van der Waals surface area (Å²) in [5, 5.41) is 10.1. The number of nitrogens with one attached hydrogen (secondary N) is 2. The summed E-state index contributed by atoms with van der Waals surface area (Å²) >= 11 is 4.47. The number of hydrogen-bond donors (Lipinski definition) is 2. The normalized spacial score (nSPS) is 11.5. The number of thiazole rings is 1. The average Bonchev–Trinajstić information content (AvgIpc) is 3.59. The number of carbonyl (C=O) groups excluding carboxylic acids is 2. The third kappa shape index (κ3) is 6.26. The summed E-state index contributed by atoms with van der Waals surface area (Å²) in [6, 6.07) is 16.4. The molecule has 0 saturated carbocycles. The molecule has 0 bridgehead atoms. The number of hydrogen-bond acceptors (Lipinski definition) is 8. The first-order valence-electron chi connectivity index (χ1n) is 11.1. The van der Waals surface area contributed by atoms with E-state index in [2.05, 4.69) is 15.6 Å². The fourth-order valence-electron chi connectivity index (χ4n) is 3.37. The molecule has 1 atom stereocenters. The van der Waals surface area contributed by atoms with Crippen molar-refractivity contribution in [1.29, 1.82) is 0 Å². The third-order valence-electron chi connectivity index (χ3n) is 5.19. The number of methoxy groups -OCH3 is 2. The second-order valence-corrected chi connectivity index (χ2v) is 10.7. The molecule has 2 aromatic carbocycles. The van der Waals surface area contributed by atoms with E-state index in [1.54, 1.807) is 36.6 Å². The minimum absolute atomic E-state index is 0.102. The fraction of sp³-hybridized carbons (Fsp3) is 0.192. The van der Waals surface area contributed by atoms with Crippen LogP contribution in [0.5, 0.6) is 11.5 Å². The van der Waals surface area contributed by atoms with Gasteiger partial charge in [0.25, 0.3) is 5.91 Å². The molecule has 36 heavy (non-hydrogen) atoms. The lowest BCUT2D eigenvalue weighted by Gasteiger charge is -2.14. The van der Waals surface area contributed by atoms with E-state index >= 15 is 0 Å². The third-order valence-corrected chi connectivity index (χ3v) is 8.20. The van der Waals surface area contributed by atoms with Gasteiger partial charge in [-0.15, -0.1) is 34.4 Å². The smallest absolute Gasteiger partial charge is 0.255 e. The molecule has 2 N–H and O–H groups in total. The molecule has 2 heterocycles. The van der Waals surface area contributed by atoms with Crippen LogP contribution in [0, 0.1) is 0 Å². The van der Waals surface area contributed by atoms with Crippen LogP contribution in [0.15, 0.2) is 70.3 Å². The number of anilines is 2. The fourth-order valence-corrected chi connectivity index (χ4v) is 5.86. The highest BCUT2D eigenvalue weighted by Crippen LogP contribution is 2.32. The lowest BCUT2D eigenvalue weighted by Crippen LogP contribution is -2.24. The van der Waals surface area contributed by atoms with Crippen molar-refractivity contribution in [2.24, 2.45) is 0 Å². The van der Waals surface area contributed by atoms with E-state index < -0.39 is 0 Å². The SMILES string of the molecule is CCC(Sc1cccc(NC(=O)c2ccc(OC)c(OC)c2)c1)C(=O)Nc1nc(-c2cccs2)cs1. The second-order valence-electron chi connectivity index (χ2n) is 7.57. The van der Waals surface area contributed by atoms with Gasteiger partial charge in [-0.05, 0) is 54.3 Å². The number of benzene rings is 2. The average molecular weight is 540 g/mol. The number of rotatable bonds is 10. The van der Waals surface area contributed by atoms with Gasteiger partial charge in [-0.2, -0.15) is 0 Å². The summed E-state index contributed by atoms with van der Waals surface area (Å²) < 4.78 is 10.5. The molecule has 2 aromatic heterocycles. The van der Waals surface area contributed by atoms with Gasteiger partial charge >= 0.3 is 0 Å². The quantitative estimate of drug-likeness (QED) is 0.219. The Morgan fingerprint density at radius 2 is 1.83 bits per heavy atom. The largest absolute Gasteiger partial charge is 0.493 e. The summed E-state index contributed by atoms with van der Waals surface area (Å²) in [7, 11) is 3.07. The van der Waals surface area contributed by atoms with E-state index in [9.17, 15) is 9.59 Å².